The number of hydrogen-bond acceptors (Lipinski definition) is 4. The number of nitrogens with zero attached hydrogens (tertiary/aromatic N) is 3. The Balaban J connectivity index is 1.62. The normalized spacial score (nSPS) is 17.1. The molecule has 23 heavy (non-hydrogen) atoms. The zero-order valence-electron chi connectivity index (χ0n) is 13.0. The first-order chi connectivity index (χ1) is 11.1. The molecule has 4 rings (SSSR count). The van der Waals surface area contributed by atoms with E-state index in [1.54, 1.807) is 0 Å². The Labute approximate surface area is 134 Å². The monoisotopic (exact) mass is 309 g/mol. The van der Waals surface area contributed by atoms with Gasteiger partial charge in [0.15, 0.2) is 0 Å². The zero-order valence-corrected chi connectivity index (χ0v) is 13.0. The summed E-state index contributed by atoms with van der Waals surface area (Å²) in [5.41, 5.74) is 0.904. The molecule has 1 unspecified atom stereocenters. The van der Waals surface area contributed by atoms with Crippen molar-refractivity contribution in [3.8, 4) is 11.4 Å². The topological polar surface area (TPSA) is 64.1 Å². The quantitative estimate of drug-likeness (QED) is 0.787. The van der Waals surface area contributed by atoms with Crippen LogP contribution in [0.5, 0.6) is 0 Å². The lowest BCUT2D eigenvalue weighted by Crippen LogP contribution is -2.31. The highest BCUT2D eigenvalue weighted by Gasteiger charge is 2.46. The van der Waals surface area contributed by atoms with Gasteiger partial charge in [0.05, 0.1) is 6.42 Å². The van der Waals surface area contributed by atoms with Crippen molar-refractivity contribution in [3.63, 3.8) is 0 Å². The lowest BCUT2D eigenvalue weighted by molar-refractivity contribution is 0.00598. The average molecular weight is 309 g/mol. The summed E-state index contributed by atoms with van der Waals surface area (Å²) < 4.78 is 7.33. The van der Waals surface area contributed by atoms with E-state index < -0.39 is 5.60 Å². The summed E-state index contributed by atoms with van der Waals surface area (Å²) in [5.74, 6) is 1.30. The third-order valence-corrected chi connectivity index (χ3v) is 4.51. The molecule has 1 aromatic carbocycles. The summed E-state index contributed by atoms with van der Waals surface area (Å²) in [5, 5.41) is 15.3. The van der Waals surface area contributed by atoms with Gasteiger partial charge in [0, 0.05) is 25.0 Å². The van der Waals surface area contributed by atoms with Crippen molar-refractivity contribution in [1.29, 1.82) is 0 Å². The molecule has 2 aromatic heterocycles. The van der Waals surface area contributed by atoms with E-state index in [0.29, 0.717) is 18.1 Å². The van der Waals surface area contributed by atoms with Crippen molar-refractivity contribution in [2.45, 2.75) is 24.9 Å². The van der Waals surface area contributed by atoms with Crippen LogP contribution in [0.4, 0.5) is 0 Å². The fraction of sp³-hybridized carbons (Fsp3) is 0.333. The fourth-order valence-corrected chi connectivity index (χ4v) is 3.08. The maximum Gasteiger partial charge on any atom is 0.230 e. The number of aromatic nitrogens is 3. The SMILES string of the molecule is Cn1ccc(-c2noc(CC(O)(c3ccccc3)C3CC3)n2)c1. The molecule has 1 aliphatic carbocycles. The van der Waals surface area contributed by atoms with Crippen LogP contribution in [0.25, 0.3) is 11.4 Å². The molecule has 0 amide bonds. The highest BCUT2D eigenvalue weighted by Crippen LogP contribution is 2.47. The molecule has 5 nitrogen and oxygen atoms in total. The van der Waals surface area contributed by atoms with Gasteiger partial charge in [-0.15, -0.1) is 0 Å². The first-order valence-corrected chi connectivity index (χ1v) is 7.88. The summed E-state index contributed by atoms with van der Waals surface area (Å²) in [6, 6.07) is 11.7. The maximum atomic E-state index is 11.2. The molecule has 0 spiro atoms. The molecular weight excluding hydrogens is 290 g/mol. The van der Waals surface area contributed by atoms with Crippen LogP contribution in [-0.4, -0.2) is 19.8 Å². The predicted octanol–water partition coefficient (Wildman–Crippen LogP) is 2.92. The minimum Gasteiger partial charge on any atom is -0.384 e. The molecule has 0 saturated heterocycles. The summed E-state index contributed by atoms with van der Waals surface area (Å²) >= 11 is 0. The lowest BCUT2D eigenvalue weighted by Gasteiger charge is -2.27. The average Bonchev–Trinajstić information content (AvgIpc) is 3.19. The van der Waals surface area contributed by atoms with Crippen molar-refractivity contribution in [1.82, 2.24) is 14.7 Å². The van der Waals surface area contributed by atoms with Gasteiger partial charge in [-0.25, -0.2) is 0 Å². The molecule has 0 aliphatic heterocycles. The highest BCUT2D eigenvalue weighted by atomic mass is 16.5. The molecule has 1 aliphatic rings. The molecular formula is C18H19N3O2. The molecule has 1 fully saturated rings. The van der Waals surface area contributed by atoms with Crippen molar-refractivity contribution < 1.29 is 9.63 Å². The molecule has 5 heteroatoms. The molecule has 118 valence electrons. The number of aryl methyl sites for hydroxylation is 1. The largest absolute Gasteiger partial charge is 0.384 e. The number of hydrogen-bond donors (Lipinski definition) is 1. The Hall–Kier alpha value is -2.40. The third-order valence-electron chi connectivity index (χ3n) is 4.51. The first kappa shape index (κ1) is 14.2. The van der Waals surface area contributed by atoms with E-state index in [0.717, 1.165) is 24.0 Å². The Morgan fingerprint density at radius 1 is 1.26 bits per heavy atom. The van der Waals surface area contributed by atoms with Crippen LogP contribution < -0.4 is 0 Å². The van der Waals surface area contributed by atoms with Gasteiger partial charge >= 0.3 is 0 Å². The van der Waals surface area contributed by atoms with Gasteiger partial charge in [-0.2, -0.15) is 4.98 Å². The lowest BCUT2D eigenvalue weighted by atomic mass is 9.85. The van der Waals surface area contributed by atoms with Crippen LogP contribution in [0.2, 0.25) is 0 Å². The third kappa shape index (κ3) is 2.68. The summed E-state index contributed by atoms with van der Waals surface area (Å²) in [6.07, 6.45) is 6.30. The summed E-state index contributed by atoms with van der Waals surface area (Å²) in [6.45, 7) is 0. The minimum absolute atomic E-state index is 0.261. The maximum absolute atomic E-state index is 11.2. The highest BCUT2D eigenvalue weighted by molar-refractivity contribution is 5.52. The first-order valence-electron chi connectivity index (χ1n) is 7.88. The second-order valence-electron chi connectivity index (χ2n) is 6.32. The smallest absolute Gasteiger partial charge is 0.230 e. The van der Waals surface area contributed by atoms with Gasteiger partial charge in [0.1, 0.15) is 5.60 Å². The van der Waals surface area contributed by atoms with Crippen LogP contribution in [-0.2, 0) is 19.1 Å². The Bertz CT molecular complexity index is 805. The molecule has 1 N–H and O–H groups in total. The molecule has 3 aromatic rings. The van der Waals surface area contributed by atoms with E-state index in [1.165, 1.54) is 0 Å². The Morgan fingerprint density at radius 2 is 2.04 bits per heavy atom. The predicted molar refractivity (Wildman–Crippen MR) is 85.5 cm³/mol. The van der Waals surface area contributed by atoms with Crippen molar-refractivity contribution in [3.05, 3.63) is 60.2 Å². The molecule has 0 radical (unpaired) electrons. The van der Waals surface area contributed by atoms with Gasteiger partial charge < -0.3 is 14.2 Å². The van der Waals surface area contributed by atoms with E-state index in [1.807, 2.05) is 60.4 Å². The van der Waals surface area contributed by atoms with Gasteiger partial charge in [0.25, 0.3) is 0 Å². The van der Waals surface area contributed by atoms with Crippen LogP contribution in [0.3, 0.4) is 0 Å². The Kier molecular flexibility index (Phi) is 3.31. The van der Waals surface area contributed by atoms with Gasteiger partial charge in [-0.05, 0) is 30.4 Å². The van der Waals surface area contributed by atoms with Crippen LogP contribution in [0.15, 0.2) is 53.3 Å². The van der Waals surface area contributed by atoms with E-state index in [-0.39, 0.29) is 5.92 Å². The van der Waals surface area contributed by atoms with Crippen molar-refractivity contribution in [2.24, 2.45) is 13.0 Å². The second-order valence-corrected chi connectivity index (χ2v) is 6.32. The van der Waals surface area contributed by atoms with Crippen molar-refractivity contribution >= 4 is 0 Å². The molecule has 0 bridgehead atoms. The van der Waals surface area contributed by atoms with Gasteiger partial charge in [0.2, 0.25) is 11.7 Å². The van der Waals surface area contributed by atoms with Gasteiger partial charge in [-0.1, -0.05) is 35.5 Å². The Morgan fingerprint density at radius 3 is 2.70 bits per heavy atom. The van der Waals surface area contributed by atoms with Crippen LogP contribution >= 0.6 is 0 Å². The van der Waals surface area contributed by atoms with Crippen LogP contribution in [0.1, 0.15) is 24.3 Å². The number of rotatable bonds is 5. The van der Waals surface area contributed by atoms with E-state index >= 15 is 0 Å². The summed E-state index contributed by atoms with van der Waals surface area (Å²) in [4.78, 5) is 4.46. The van der Waals surface area contributed by atoms with E-state index in [4.69, 9.17) is 4.52 Å². The standard InChI is InChI=1S/C18H19N3O2/c1-21-10-9-13(12-21)17-19-16(23-20-17)11-18(22,15-7-8-15)14-5-3-2-4-6-14/h2-6,9-10,12,15,22H,7-8,11H2,1H3. The fourth-order valence-electron chi connectivity index (χ4n) is 3.08. The number of aliphatic hydroxyl groups is 1. The zero-order chi connectivity index (χ0) is 15.9. The molecule has 1 atom stereocenters. The molecule has 1 saturated carbocycles. The van der Waals surface area contributed by atoms with Gasteiger partial charge in [-0.3, -0.25) is 0 Å². The van der Waals surface area contributed by atoms with Crippen molar-refractivity contribution in [2.75, 3.05) is 0 Å². The van der Waals surface area contributed by atoms with E-state index in [9.17, 15) is 5.11 Å². The van der Waals surface area contributed by atoms with Crippen LogP contribution in [0, 0.1) is 5.92 Å². The second kappa shape index (κ2) is 5.35. The molecule has 2 heterocycles. The minimum atomic E-state index is -0.929. The number of benzene rings is 1. The van der Waals surface area contributed by atoms with E-state index in [2.05, 4.69) is 10.1 Å². The summed E-state index contributed by atoms with van der Waals surface area (Å²) in [7, 11) is 1.95.